The van der Waals surface area contributed by atoms with Gasteiger partial charge in [0.25, 0.3) is 0 Å². The lowest BCUT2D eigenvalue weighted by Gasteiger charge is -2.05. The number of aromatic nitrogens is 1. The molecule has 2 nitrogen and oxygen atoms in total. The lowest BCUT2D eigenvalue weighted by Crippen LogP contribution is -2.13. The fourth-order valence-corrected chi connectivity index (χ4v) is 1.66. The minimum absolute atomic E-state index is 0.729. The fourth-order valence-electron chi connectivity index (χ4n) is 1.66. The molecule has 0 spiro atoms. The molecule has 1 aromatic heterocycles. The zero-order valence-corrected chi connectivity index (χ0v) is 9.33. The van der Waals surface area contributed by atoms with Gasteiger partial charge in [0, 0.05) is 18.1 Å². The number of hydrogen-bond donors (Lipinski definition) is 1. The zero-order chi connectivity index (χ0) is 11.2. The minimum atomic E-state index is 0.729. The van der Waals surface area contributed by atoms with Crippen LogP contribution in [-0.2, 0) is 6.54 Å². The van der Waals surface area contributed by atoms with Crippen molar-refractivity contribution in [2.24, 2.45) is 0 Å². The topological polar surface area (TPSA) is 24.9 Å². The number of rotatable bonds is 3. The molecule has 0 saturated heterocycles. The molecule has 2 aromatic rings. The standard InChI is InChI=1S/C14H14N2/c1-2-3-9-15-11-12-8-10-16-14-7-5-4-6-13(12)14/h4-8,10,15H,9,11H2,1H3. The second-order valence-corrected chi connectivity index (χ2v) is 3.52. The van der Waals surface area contributed by atoms with Gasteiger partial charge in [-0.1, -0.05) is 24.1 Å². The SMILES string of the molecule is CC#CCNCc1ccnc2ccccc12. The van der Waals surface area contributed by atoms with Crippen LogP contribution in [0.5, 0.6) is 0 Å². The summed E-state index contributed by atoms with van der Waals surface area (Å²) in [6.07, 6.45) is 1.85. The normalized spacial score (nSPS) is 9.81. The van der Waals surface area contributed by atoms with Crippen LogP contribution in [0.15, 0.2) is 36.5 Å². The number of hydrogen-bond acceptors (Lipinski definition) is 2. The molecule has 0 aliphatic heterocycles. The van der Waals surface area contributed by atoms with Crippen molar-refractivity contribution in [3.63, 3.8) is 0 Å². The molecule has 1 N–H and O–H groups in total. The van der Waals surface area contributed by atoms with E-state index in [0.717, 1.165) is 18.6 Å². The second-order valence-electron chi connectivity index (χ2n) is 3.52. The first kappa shape index (κ1) is 10.7. The third-order valence-electron chi connectivity index (χ3n) is 2.44. The van der Waals surface area contributed by atoms with Gasteiger partial charge in [0.15, 0.2) is 0 Å². The molecule has 0 saturated carbocycles. The molecule has 0 aliphatic rings. The second kappa shape index (κ2) is 5.29. The Morgan fingerprint density at radius 2 is 2.12 bits per heavy atom. The van der Waals surface area contributed by atoms with E-state index >= 15 is 0 Å². The van der Waals surface area contributed by atoms with E-state index in [9.17, 15) is 0 Å². The first-order valence-electron chi connectivity index (χ1n) is 5.35. The molecule has 1 heterocycles. The van der Waals surface area contributed by atoms with Gasteiger partial charge in [-0.05, 0) is 24.6 Å². The lowest BCUT2D eigenvalue weighted by molar-refractivity contribution is 0.774. The van der Waals surface area contributed by atoms with Crippen molar-refractivity contribution in [3.8, 4) is 11.8 Å². The Kier molecular flexibility index (Phi) is 3.53. The molecule has 80 valence electrons. The molecule has 0 amide bonds. The van der Waals surface area contributed by atoms with Crippen molar-refractivity contribution in [2.45, 2.75) is 13.5 Å². The summed E-state index contributed by atoms with van der Waals surface area (Å²) < 4.78 is 0. The highest BCUT2D eigenvalue weighted by molar-refractivity contribution is 5.81. The quantitative estimate of drug-likeness (QED) is 0.621. The van der Waals surface area contributed by atoms with Crippen LogP contribution >= 0.6 is 0 Å². The lowest BCUT2D eigenvalue weighted by atomic mass is 10.1. The molecular formula is C14H14N2. The summed E-state index contributed by atoms with van der Waals surface area (Å²) in [7, 11) is 0. The number of pyridine rings is 1. The maximum atomic E-state index is 4.33. The summed E-state index contributed by atoms with van der Waals surface area (Å²) in [4.78, 5) is 4.33. The van der Waals surface area contributed by atoms with Gasteiger partial charge in [0.1, 0.15) is 0 Å². The van der Waals surface area contributed by atoms with Crippen molar-refractivity contribution in [3.05, 3.63) is 42.1 Å². The van der Waals surface area contributed by atoms with E-state index in [1.54, 1.807) is 0 Å². The fraction of sp³-hybridized carbons (Fsp3) is 0.214. The number of nitrogens with one attached hydrogen (secondary N) is 1. The summed E-state index contributed by atoms with van der Waals surface area (Å²) in [5, 5.41) is 4.50. The van der Waals surface area contributed by atoms with Crippen molar-refractivity contribution in [1.29, 1.82) is 0 Å². The Hall–Kier alpha value is -1.85. The smallest absolute Gasteiger partial charge is 0.0705 e. The van der Waals surface area contributed by atoms with E-state index < -0.39 is 0 Å². The molecule has 0 bridgehead atoms. The summed E-state index contributed by atoms with van der Waals surface area (Å²) in [5.74, 6) is 5.86. The third kappa shape index (κ3) is 2.39. The molecule has 0 radical (unpaired) electrons. The van der Waals surface area contributed by atoms with Crippen LogP contribution in [0.1, 0.15) is 12.5 Å². The zero-order valence-electron chi connectivity index (χ0n) is 9.33. The monoisotopic (exact) mass is 210 g/mol. The van der Waals surface area contributed by atoms with Crippen LogP contribution in [0.4, 0.5) is 0 Å². The molecule has 1 aromatic carbocycles. The van der Waals surface area contributed by atoms with Gasteiger partial charge in [-0.2, -0.15) is 0 Å². The molecular weight excluding hydrogens is 196 g/mol. The number of para-hydroxylation sites is 1. The highest BCUT2D eigenvalue weighted by Crippen LogP contribution is 2.15. The largest absolute Gasteiger partial charge is 0.302 e. The van der Waals surface area contributed by atoms with Crippen molar-refractivity contribution < 1.29 is 0 Å². The maximum absolute atomic E-state index is 4.33. The molecule has 0 aliphatic carbocycles. The van der Waals surface area contributed by atoms with Crippen LogP contribution in [0.2, 0.25) is 0 Å². The summed E-state index contributed by atoms with van der Waals surface area (Å²) in [6.45, 7) is 3.41. The molecule has 2 heteroatoms. The highest BCUT2D eigenvalue weighted by Gasteiger charge is 1.99. The average Bonchev–Trinajstić information content (AvgIpc) is 2.35. The molecule has 2 rings (SSSR count). The first-order valence-corrected chi connectivity index (χ1v) is 5.35. The maximum Gasteiger partial charge on any atom is 0.0705 e. The van der Waals surface area contributed by atoms with Gasteiger partial charge in [-0.25, -0.2) is 0 Å². The molecule has 0 fully saturated rings. The molecule has 0 unspecified atom stereocenters. The average molecular weight is 210 g/mol. The summed E-state index contributed by atoms with van der Waals surface area (Å²) in [5.41, 5.74) is 2.31. The molecule has 16 heavy (non-hydrogen) atoms. The van der Waals surface area contributed by atoms with Crippen molar-refractivity contribution in [1.82, 2.24) is 10.3 Å². The highest BCUT2D eigenvalue weighted by atomic mass is 14.8. The van der Waals surface area contributed by atoms with Crippen LogP contribution in [0.25, 0.3) is 10.9 Å². The third-order valence-corrected chi connectivity index (χ3v) is 2.44. The van der Waals surface area contributed by atoms with Crippen LogP contribution in [-0.4, -0.2) is 11.5 Å². The van der Waals surface area contributed by atoms with Crippen LogP contribution < -0.4 is 5.32 Å². The van der Waals surface area contributed by atoms with Gasteiger partial charge in [0.2, 0.25) is 0 Å². The Balaban J connectivity index is 2.19. The predicted molar refractivity (Wildman–Crippen MR) is 66.9 cm³/mol. The van der Waals surface area contributed by atoms with E-state index in [1.807, 2.05) is 31.3 Å². The Morgan fingerprint density at radius 3 is 3.00 bits per heavy atom. The van der Waals surface area contributed by atoms with Gasteiger partial charge in [-0.15, -0.1) is 5.92 Å². The van der Waals surface area contributed by atoms with Gasteiger partial charge in [0.05, 0.1) is 12.1 Å². The van der Waals surface area contributed by atoms with Crippen LogP contribution in [0, 0.1) is 11.8 Å². The van der Waals surface area contributed by atoms with E-state index in [0.29, 0.717) is 0 Å². The van der Waals surface area contributed by atoms with Crippen molar-refractivity contribution >= 4 is 10.9 Å². The van der Waals surface area contributed by atoms with E-state index in [4.69, 9.17) is 0 Å². The first-order chi connectivity index (χ1) is 7.92. The van der Waals surface area contributed by atoms with Gasteiger partial charge < -0.3 is 5.32 Å². The van der Waals surface area contributed by atoms with Crippen molar-refractivity contribution in [2.75, 3.05) is 6.54 Å². The van der Waals surface area contributed by atoms with Crippen LogP contribution in [0.3, 0.4) is 0 Å². The van der Waals surface area contributed by atoms with E-state index in [-0.39, 0.29) is 0 Å². The Labute approximate surface area is 95.7 Å². The summed E-state index contributed by atoms with van der Waals surface area (Å²) >= 11 is 0. The predicted octanol–water partition coefficient (Wildman–Crippen LogP) is 2.35. The van der Waals surface area contributed by atoms with E-state index in [1.165, 1.54) is 10.9 Å². The number of fused-ring (bicyclic) bond motifs is 1. The van der Waals surface area contributed by atoms with Gasteiger partial charge >= 0.3 is 0 Å². The summed E-state index contributed by atoms with van der Waals surface area (Å²) in [6, 6.07) is 10.2. The number of nitrogens with zero attached hydrogens (tertiary/aromatic N) is 1. The molecule has 0 atom stereocenters. The van der Waals surface area contributed by atoms with E-state index in [2.05, 4.69) is 34.3 Å². The Bertz CT molecular complexity index is 530. The Morgan fingerprint density at radius 1 is 1.25 bits per heavy atom. The van der Waals surface area contributed by atoms with Gasteiger partial charge in [-0.3, -0.25) is 4.98 Å². The number of benzene rings is 1. The minimum Gasteiger partial charge on any atom is -0.302 e.